The van der Waals surface area contributed by atoms with E-state index >= 15 is 0 Å². The number of fused-ring (bicyclic) bond motifs is 1. The Bertz CT molecular complexity index is 482. The fourth-order valence-corrected chi connectivity index (χ4v) is 2.12. The lowest BCUT2D eigenvalue weighted by molar-refractivity contribution is 0.0220. The fraction of sp³-hybridized carbons (Fsp3) is 0.231. The van der Waals surface area contributed by atoms with Gasteiger partial charge in [-0.15, -0.1) is 0 Å². The number of rotatable bonds is 4. The van der Waals surface area contributed by atoms with Gasteiger partial charge in [-0.05, 0) is 39.7 Å². The molecule has 0 saturated carbocycles. The Kier molecular flexibility index (Phi) is 3.80. The second-order valence-corrected chi connectivity index (χ2v) is 4.15. The van der Waals surface area contributed by atoms with Crippen LogP contribution in [0, 0.1) is 0 Å². The third kappa shape index (κ3) is 2.36. The molecule has 0 radical (unpaired) electrons. The molecule has 0 saturated heterocycles. The summed E-state index contributed by atoms with van der Waals surface area (Å²) in [6.07, 6.45) is 0. The summed E-state index contributed by atoms with van der Waals surface area (Å²) in [6.45, 7) is 2.89. The Morgan fingerprint density at radius 2 is 1.94 bits per heavy atom. The summed E-state index contributed by atoms with van der Waals surface area (Å²) in [5.74, 6) is 0.812. The largest absolute Gasteiger partial charge is 0.466 e. The minimum absolute atomic E-state index is 0.285. The molecule has 0 N–H and O–H groups in total. The van der Waals surface area contributed by atoms with Crippen LogP contribution in [-0.4, -0.2) is 13.4 Å². The van der Waals surface area contributed by atoms with Gasteiger partial charge < -0.3 is 9.47 Å². The van der Waals surface area contributed by atoms with Crippen LogP contribution in [0.4, 0.5) is 0 Å². The molecule has 2 nitrogen and oxygen atoms in total. The molecule has 2 aromatic rings. The maximum absolute atomic E-state index is 5.52. The van der Waals surface area contributed by atoms with Gasteiger partial charge in [-0.2, -0.15) is 0 Å². The standard InChI is InChI=1S/C13H13BrO2/c1-2-15-9-16-12-8-7-10-5-3-4-6-11(10)13(12)14/h3-8H,2,9H2,1H3. The molecule has 0 atom stereocenters. The van der Waals surface area contributed by atoms with E-state index in [-0.39, 0.29) is 6.79 Å². The highest BCUT2D eigenvalue weighted by atomic mass is 79.9. The molecule has 2 rings (SSSR count). The van der Waals surface area contributed by atoms with Crippen molar-refractivity contribution in [1.29, 1.82) is 0 Å². The molecule has 0 spiro atoms. The van der Waals surface area contributed by atoms with E-state index in [2.05, 4.69) is 28.1 Å². The van der Waals surface area contributed by atoms with Gasteiger partial charge in [0.2, 0.25) is 0 Å². The zero-order chi connectivity index (χ0) is 11.4. The molecule has 0 aliphatic heterocycles. The zero-order valence-electron chi connectivity index (χ0n) is 9.07. The third-order valence-electron chi connectivity index (χ3n) is 2.33. The van der Waals surface area contributed by atoms with Crippen LogP contribution >= 0.6 is 15.9 Å². The van der Waals surface area contributed by atoms with Gasteiger partial charge in [0.05, 0.1) is 4.47 Å². The quantitative estimate of drug-likeness (QED) is 0.623. The lowest BCUT2D eigenvalue weighted by atomic mass is 10.1. The summed E-state index contributed by atoms with van der Waals surface area (Å²) in [7, 11) is 0. The normalized spacial score (nSPS) is 10.6. The molecule has 0 bridgehead atoms. The van der Waals surface area contributed by atoms with Gasteiger partial charge in [-0.3, -0.25) is 0 Å². The number of hydrogen-bond acceptors (Lipinski definition) is 2. The Morgan fingerprint density at radius 3 is 2.75 bits per heavy atom. The zero-order valence-corrected chi connectivity index (χ0v) is 10.7. The summed E-state index contributed by atoms with van der Waals surface area (Å²) in [6, 6.07) is 12.2. The Hall–Kier alpha value is -1.06. The number of ether oxygens (including phenoxy) is 2. The van der Waals surface area contributed by atoms with Gasteiger partial charge in [-0.1, -0.05) is 30.3 Å². The molecule has 0 fully saturated rings. The van der Waals surface area contributed by atoms with Crippen LogP contribution in [0.3, 0.4) is 0 Å². The molecule has 84 valence electrons. The van der Waals surface area contributed by atoms with E-state index in [0.29, 0.717) is 6.61 Å². The van der Waals surface area contributed by atoms with Crippen molar-refractivity contribution < 1.29 is 9.47 Å². The van der Waals surface area contributed by atoms with E-state index < -0.39 is 0 Å². The molecule has 0 amide bonds. The molecule has 0 aliphatic rings. The second kappa shape index (κ2) is 5.32. The van der Waals surface area contributed by atoms with E-state index in [1.54, 1.807) is 0 Å². The second-order valence-electron chi connectivity index (χ2n) is 3.35. The van der Waals surface area contributed by atoms with E-state index in [0.717, 1.165) is 15.6 Å². The van der Waals surface area contributed by atoms with Gasteiger partial charge in [0, 0.05) is 6.61 Å². The van der Waals surface area contributed by atoms with Crippen molar-refractivity contribution in [2.24, 2.45) is 0 Å². The average Bonchev–Trinajstić information content (AvgIpc) is 2.33. The van der Waals surface area contributed by atoms with Crippen LogP contribution in [0.1, 0.15) is 6.92 Å². The van der Waals surface area contributed by atoms with Crippen molar-refractivity contribution in [3.05, 3.63) is 40.9 Å². The Morgan fingerprint density at radius 1 is 1.12 bits per heavy atom. The molecule has 2 aromatic carbocycles. The van der Waals surface area contributed by atoms with Crippen LogP contribution < -0.4 is 4.74 Å². The Balaban J connectivity index is 2.29. The van der Waals surface area contributed by atoms with Crippen molar-refractivity contribution in [2.75, 3.05) is 13.4 Å². The molecule has 0 aliphatic carbocycles. The average molecular weight is 281 g/mol. The molecular formula is C13H13BrO2. The predicted molar refractivity (Wildman–Crippen MR) is 68.8 cm³/mol. The first kappa shape index (κ1) is 11.4. The minimum Gasteiger partial charge on any atom is -0.466 e. The predicted octanol–water partition coefficient (Wildman–Crippen LogP) is 3.98. The van der Waals surface area contributed by atoms with Gasteiger partial charge in [-0.25, -0.2) is 0 Å². The summed E-state index contributed by atoms with van der Waals surface area (Å²) < 4.78 is 11.7. The molecule has 0 heterocycles. The fourth-order valence-electron chi connectivity index (χ4n) is 1.51. The summed E-state index contributed by atoms with van der Waals surface area (Å²) in [4.78, 5) is 0. The maximum Gasteiger partial charge on any atom is 0.189 e. The highest BCUT2D eigenvalue weighted by molar-refractivity contribution is 9.10. The summed E-state index contributed by atoms with van der Waals surface area (Å²) >= 11 is 3.55. The van der Waals surface area contributed by atoms with Crippen LogP contribution in [0.25, 0.3) is 10.8 Å². The van der Waals surface area contributed by atoms with Gasteiger partial charge in [0.1, 0.15) is 5.75 Å². The first-order valence-corrected chi connectivity index (χ1v) is 6.00. The third-order valence-corrected chi connectivity index (χ3v) is 3.15. The van der Waals surface area contributed by atoms with Gasteiger partial charge >= 0.3 is 0 Å². The number of halogens is 1. The van der Waals surface area contributed by atoms with E-state index in [9.17, 15) is 0 Å². The highest BCUT2D eigenvalue weighted by Gasteiger charge is 2.05. The smallest absolute Gasteiger partial charge is 0.189 e. The van der Waals surface area contributed by atoms with E-state index in [1.807, 2.05) is 31.2 Å². The van der Waals surface area contributed by atoms with Gasteiger partial charge in [0.15, 0.2) is 6.79 Å². The monoisotopic (exact) mass is 280 g/mol. The van der Waals surface area contributed by atoms with Crippen LogP contribution in [0.5, 0.6) is 5.75 Å². The molecule has 3 heteroatoms. The lowest BCUT2D eigenvalue weighted by Gasteiger charge is -2.09. The number of benzene rings is 2. The van der Waals surface area contributed by atoms with Crippen molar-refractivity contribution in [3.8, 4) is 5.75 Å². The van der Waals surface area contributed by atoms with Crippen LogP contribution in [-0.2, 0) is 4.74 Å². The SMILES string of the molecule is CCOCOc1ccc2ccccc2c1Br. The minimum atomic E-state index is 0.285. The maximum atomic E-state index is 5.52. The van der Waals surface area contributed by atoms with Crippen molar-refractivity contribution >= 4 is 26.7 Å². The molecular weight excluding hydrogens is 268 g/mol. The molecule has 16 heavy (non-hydrogen) atoms. The van der Waals surface area contributed by atoms with Crippen LogP contribution in [0.15, 0.2) is 40.9 Å². The first-order valence-electron chi connectivity index (χ1n) is 5.20. The van der Waals surface area contributed by atoms with E-state index in [4.69, 9.17) is 9.47 Å². The summed E-state index contributed by atoms with van der Waals surface area (Å²) in [5, 5.41) is 2.34. The first-order chi connectivity index (χ1) is 7.83. The lowest BCUT2D eigenvalue weighted by Crippen LogP contribution is -2.02. The number of hydrogen-bond donors (Lipinski definition) is 0. The van der Waals surface area contributed by atoms with Crippen LogP contribution in [0.2, 0.25) is 0 Å². The summed E-state index contributed by atoms with van der Waals surface area (Å²) in [5.41, 5.74) is 0. The molecule has 0 unspecified atom stereocenters. The molecule has 0 aromatic heterocycles. The topological polar surface area (TPSA) is 18.5 Å². The Labute approximate surface area is 103 Å². The van der Waals surface area contributed by atoms with E-state index in [1.165, 1.54) is 5.39 Å². The van der Waals surface area contributed by atoms with Crippen molar-refractivity contribution in [2.45, 2.75) is 6.92 Å². The van der Waals surface area contributed by atoms with Crippen molar-refractivity contribution in [1.82, 2.24) is 0 Å². The van der Waals surface area contributed by atoms with Crippen molar-refractivity contribution in [3.63, 3.8) is 0 Å². The highest BCUT2D eigenvalue weighted by Crippen LogP contribution is 2.32. The van der Waals surface area contributed by atoms with Gasteiger partial charge in [0.25, 0.3) is 0 Å².